The molecule has 0 saturated heterocycles. The number of hydrogen-bond acceptors (Lipinski definition) is 1. The van der Waals surface area contributed by atoms with Gasteiger partial charge < -0.3 is 0 Å². The van der Waals surface area contributed by atoms with Crippen molar-refractivity contribution in [2.75, 3.05) is 0 Å². The molecular formula is AlClOTi. The molecule has 0 N–H and O–H groups in total. The Balaban J connectivity index is 0. The van der Waals surface area contributed by atoms with Crippen molar-refractivity contribution >= 4 is 24.3 Å². The van der Waals surface area contributed by atoms with E-state index >= 15 is 0 Å². The molecule has 0 unspecified atom stereocenters. The second kappa shape index (κ2) is 8.84. The van der Waals surface area contributed by atoms with Crippen LogP contribution >= 0.6 is 10.0 Å². The van der Waals surface area contributed by atoms with Crippen molar-refractivity contribution in [2.24, 2.45) is 0 Å². The Kier molecular flexibility index (Phi) is 19.9. The Labute approximate surface area is 49.7 Å². The van der Waals surface area contributed by atoms with E-state index in [1.165, 1.54) is 0 Å². The van der Waals surface area contributed by atoms with Crippen molar-refractivity contribution in [3.8, 4) is 0 Å². The Morgan fingerprint density at radius 3 is 1.75 bits per heavy atom. The van der Waals surface area contributed by atoms with E-state index in [0.29, 0.717) is 0 Å². The van der Waals surface area contributed by atoms with E-state index in [9.17, 15) is 0 Å². The maximum atomic E-state index is 8.78. The summed E-state index contributed by atoms with van der Waals surface area (Å²) < 4.78 is 8.78. The van der Waals surface area contributed by atoms with E-state index in [4.69, 9.17) is 3.80 Å². The van der Waals surface area contributed by atoms with Crippen molar-refractivity contribution in [2.45, 2.75) is 0 Å². The Hall–Kier alpha value is 1.34. The molecule has 1 nitrogen and oxygen atoms in total. The fourth-order valence-corrected chi connectivity index (χ4v) is 0. The molecule has 0 amide bonds. The van der Waals surface area contributed by atoms with Crippen LogP contribution in [0.15, 0.2) is 0 Å². The second-order valence-electron chi connectivity index (χ2n) is 0.0891. The van der Waals surface area contributed by atoms with Gasteiger partial charge in [0.15, 0.2) is 0 Å². The van der Waals surface area contributed by atoms with Crippen LogP contribution in [-0.4, -0.2) is 14.2 Å². The first-order chi connectivity index (χ1) is 1.41. The number of halogens is 1. The van der Waals surface area contributed by atoms with Crippen LogP contribution in [0.25, 0.3) is 0 Å². The molecule has 0 atom stereocenters. The molecule has 0 spiro atoms. The summed E-state index contributed by atoms with van der Waals surface area (Å²) >= 11 is -1.03. The van der Waals surface area contributed by atoms with Crippen LogP contribution < -0.4 is 0 Å². The van der Waals surface area contributed by atoms with Crippen LogP contribution in [0.3, 0.4) is 0 Å². The standard InChI is InChI=1S/Al.ClH.O.Ti/h;1H;;/q+1;;;/p-1. The van der Waals surface area contributed by atoms with Crippen molar-refractivity contribution in [3.05, 3.63) is 0 Å². The minimum Gasteiger partial charge on any atom is 0 e. The van der Waals surface area contributed by atoms with Crippen molar-refractivity contribution in [3.63, 3.8) is 0 Å². The molecular weight excluding hydrogens is 126 g/mol. The summed E-state index contributed by atoms with van der Waals surface area (Å²) in [5.74, 6) is 0. The average molecular weight is 126 g/mol. The topological polar surface area (TPSA) is 17.1 Å². The molecule has 4 heavy (non-hydrogen) atoms. The van der Waals surface area contributed by atoms with Crippen molar-refractivity contribution in [1.29, 1.82) is 0 Å². The van der Waals surface area contributed by atoms with Crippen LogP contribution in [0.4, 0.5) is 0 Å². The van der Waals surface area contributed by atoms with E-state index in [2.05, 4.69) is 10.0 Å². The largest absolute Gasteiger partial charge is 0 e. The monoisotopic (exact) mass is 126 g/mol. The van der Waals surface area contributed by atoms with Gasteiger partial charge in [-0.3, -0.25) is 0 Å². The molecule has 0 heterocycles. The molecule has 0 aliphatic carbocycles. The van der Waals surface area contributed by atoms with Crippen LogP contribution in [-0.2, 0) is 25.5 Å². The van der Waals surface area contributed by atoms with Crippen LogP contribution in [0.1, 0.15) is 0 Å². The first-order valence-corrected chi connectivity index (χ1v) is 2.67. The van der Waals surface area contributed by atoms with Gasteiger partial charge in [0, 0.05) is 21.7 Å². The Bertz CT molecular complexity index is 15.5. The minimum atomic E-state index is -1.03. The summed E-state index contributed by atoms with van der Waals surface area (Å²) in [7, 11) is 4.53. The molecule has 0 aromatic carbocycles. The zero-order chi connectivity index (χ0) is 2.71. The maximum Gasteiger partial charge on any atom is 0 e. The van der Waals surface area contributed by atoms with E-state index in [1.807, 2.05) is 0 Å². The van der Waals surface area contributed by atoms with Gasteiger partial charge in [-0.2, -0.15) is 0 Å². The fourth-order valence-electron chi connectivity index (χ4n) is 0. The Morgan fingerprint density at radius 2 is 1.75 bits per heavy atom. The third-order valence-corrected chi connectivity index (χ3v) is 0. The van der Waals surface area contributed by atoms with Crippen molar-refractivity contribution in [1.82, 2.24) is 0 Å². The third kappa shape index (κ3) is 10.2. The molecule has 0 rings (SSSR count). The van der Waals surface area contributed by atoms with Gasteiger partial charge in [-0.1, -0.05) is 0 Å². The van der Waals surface area contributed by atoms with Gasteiger partial charge in [0.2, 0.25) is 0 Å². The molecule has 20 valence electrons. The summed E-state index contributed by atoms with van der Waals surface area (Å²) in [5.41, 5.74) is 0. The smallest absolute Gasteiger partial charge is 0 e. The third-order valence-electron chi connectivity index (χ3n) is 0. The predicted molar refractivity (Wildman–Crippen MR) is 12.3 cm³/mol. The first-order valence-electron chi connectivity index (χ1n) is 0.454. The molecule has 0 fully saturated rings. The van der Waals surface area contributed by atoms with E-state index in [1.54, 1.807) is 0 Å². The van der Waals surface area contributed by atoms with Gasteiger partial charge in [0.25, 0.3) is 0 Å². The van der Waals surface area contributed by atoms with Gasteiger partial charge in [-0.05, 0) is 0 Å². The van der Waals surface area contributed by atoms with Gasteiger partial charge >= 0.3 is 28.1 Å². The van der Waals surface area contributed by atoms with E-state index in [0.717, 1.165) is 0 Å². The second-order valence-corrected chi connectivity index (χ2v) is 0.802. The number of rotatable bonds is 0. The summed E-state index contributed by atoms with van der Waals surface area (Å²) in [6.07, 6.45) is 0. The number of hydrogen-bond donors (Lipinski definition) is 0. The Morgan fingerprint density at radius 1 is 1.75 bits per heavy atom. The molecule has 0 aliphatic rings. The molecule has 4 heteroatoms. The van der Waals surface area contributed by atoms with Crippen LogP contribution in [0.2, 0.25) is 0 Å². The van der Waals surface area contributed by atoms with Gasteiger partial charge in [0.1, 0.15) is 0 Å². The summed E-state index contributed by atoms with van der Waals surface area (Å²) in [4.78, 5) is 0. The van der Waals surface area contributed by atoms with Gasteiger partial charge in [-0.15, -0.1) is 0 Å². The molecule has 0 saturated carbocycles. The van der Waals surface area contributed by atoms with E-state index in [-0.39, 0.29) is 21.7 Å². The fraction of sp³-hybridized carbons (Fsp3) is 0. The summed E-state index contributed by atoms with van der Waals surface area (Å²) in [6.45, 7) is 0. The summed E-state index contributed by atoms with van der Waals surface area (Å²) in [5, 5.41) is 0. The molecule has 0 bridgehead atoms. The van der Waals surface area contributed by atoms with Crippen molar-refractivity contribution < 1.29 is 25.5 Å². The van der Waals surface area contributed by atoms with Gasteiger partial charge in [0.05, 0.1) is 0 Å². The quantitative estimate of drug-likeness (QED) is 0.423. The van der Waals surface area contributed by atoms with Crippen LogP contribution in [0.5, 0.6) is 0 Å². The molecule has 0 aliphatic heterocycles. The minimum absolute atomic E-state index is 0. The molecule has 0 aromatic rings. The zero-order valence-corrected chi connectivity index (χ0v) is 5.34. The summed E-state index contributed by atoms with van der Waals surface area (Å²) in [6, 6.07) is 0. The normalized spacial score (nSPS) is 2.25. The SMILES string of the molecule is [O]=[Al][Cl].[Ti]. The van der Waals surface area contributed by atoms with Crippen LogP contribution in [0, 0.1) is 0 Å². The zero-order valence-electron chi connectivity index (χ0n) is 1.86. The molecule has 0 radical (unpaired) electrons. The average Bonchev–Trinajstić information content (AvgIpc) is 0.918. The van der Waals surface area contributed by atoms with E-state index < -0.39 is 14.2 Å². The first kappa shape index (κ1) is 9.01. The molecule has 0 aromatic heterocycles. The van der Waals surface area contributed by atoms with Gasteiger partial charge in [-0.25, -0.2) is 0 Å². The maximum absolute atomic E-state index is 8.78. The predicted octanol–water partition coefficient (Wildman–Crippen LogP) is 0.187.